The smallest absolute Gasteiger partial charge is 0.303 e. The molecule has 1 N–H and O–H groups in total. The average molecular weight is 326 g/mol. The number of carbonyl (C=O) groups excluding carboxylic acids is 2. The van der Waals surface area contributed by atoms with Gasteiger partial charge in [-0.05, 0) is 19.3 Å². The van der Waals surface area contributed by atoms with Crippen LogP contribution in [0.25, 0.3) is 0 Å². The lowest BCUT2D eigenvalue weighted by Crippen LogP contribution is -2.29. The third kappa shape index (κ3) is 8.84. The number of rotatable bonds is 10. The summed E-state index contributed by atoms with van der Waals surface area (Å²) in [4.78, 5) is 34.1. The number of carboxylic acids is 1. The number of ketones is 2. The Hall–Kier alpha value is -1.23. The fourth-order valence-electron chi connectivity index (χ4n) is 2.99. The van der Waals surface area contributed by atoms with Crippen molar-refractivity contribution in [2.24, 2.45) is 0 Å². The molecule has 0 aliphatic carbocycles. The Morgan fingerprint density at radius 3 is 2.30 bits per heavy atom. The van der Waals surface area contributed by atoms with Gasteiger partial charge < -0.3 is 9.84 Å². The first kappa shape index (κ1) is 19.8. The number of hydrogen-bond donors (Lipinski definition) is 1. The molecule has 1 aliphatic heterocycles. The van der Waals surface area contributed by atoms with E-state index in [-0.39, 0.29) is 31.5 Å². The van der Waals surface area contributed by atoms with Crippen LogP contribution in [0.2, 0.25) is 0 Å². The van der Waals surface area contributed by atoms with E-state index in [1.54, 1.807) is 0 Å². The monoisotopic (exact) mass is 326 g/mol. The quantitative estimate of drug-likeness (QED) is 0.489. The Labute approximate surface area is 138 Å². The number of aliphatic carboxylic acids is 1. The number of carboxylic acid groups (broad SMARTS) is 1. The zero-order valence-corrected chi connectivity index (χ0v) is 14.2. The van der Waals surface area contributed by atoms with Gasteiger partial charge in [0.25, 0.3) is 0 Å². The minimum absolute atomic E-state index is 0.0999. The first-order valence-electron chi connectivity index (χ1n) is 8.96. The van der Waals surface area contributed by atoms with Gasteiger partial charge in [-0.2, -0.15) is 0 Å². The fraction of sp³-hybridized carbons (Fsp3) is 0.833. The maximum atomic E-state index is 12.0. The first-order valence-corrected chi connectivity index (χ1v) is 8.96. The molecule has 5 nitrogen and oxygen atoms in total. The number of carbonyl (C=O) groups is 3. The van der Waals surface area contributed by atoms with Crippen molar-refractivity contribution < 1.29 is 24.2 Å². The lowest BCUT2D eigenvalue weighted by Gasteiger charge is -2.27. The normalized spacial score (nSPS) is 22.1. The molecule has 1 fully saturated rings. The molecule has 1 rings (SSSR count). The lowest BCUT2D eigenvalue weighted by atomic mass is 9.97. The van der Waals surface area contributed by atoms with Crippen LogP contribution in [0.4, 0.5) is 0 Å². The van der Waals surface area contributed by atoms with Gasteiger partial charge in [0.15, 0.2) is 5.78 Å². The van der Waals surface area contributed by atoms with E-state index in [0.29, 0.717) is 0 Å². The second-order valence-electron chi connectivity index (χ2n) is 6.46. The van der Waals surface area contributed by atoms with Crippen molar-refractivity contribution in [3.05, 3.63) is 0 Å². The number of hydrogen-bond acceptors (Lipinski definition) is 4. The minimum atomic E-state index is -1.05. The molecule has 0 saturated carbocycles. The fourth-order valence-corrected chi connectivity index (χ4v) is 2.99. The molecule has 0 aromatic carbocycles. The third-order valence-electron chi connectivity index (χ3n) is 4.36. The molecule has 0 amide bonds. The lowest BCUT2D eigenvalue weighted by molar-refractivity contribution is -0.142. The summed E-state index contributed by atoms with van der Waals surface area (Å²) < 4.78 is 6.10. The number of unbranched alkanes of at least 4 members (excludes halogenated alkanes) is 2. The van der Waals surface area contributed by atoms with E-state index in [1.165, 1.54) is 12.8 Å². The van der Waals surface area contributed by atoms with Gasteiger partial charge >= 0.3 is 5.97 Å². The third-order valence-corrected chi connectivity index (χ3v) is 4.36. The highest BCUT2D eigenvalue weighted by atomic mass is 16.5. The Morgan fingerprint density at radius 1 is 0.957 bits per heavy atom. The van der Waals surface area contributed by atoms with Crippen LogP contribution >= 0.6 is 0 Å². The van der Waals surface area contributed by atoms with Gasteiger partial charge in [0, 0.05) is 12.8 Å². The topological polar surface area (TPSA) is 80.7 Å². The molecule has 0 bridgehead atoms. The van der Waals surface area contributed by atoms with Gasteiger partial charge in [-0.3, -0.25) is 14.4 Å². The largest absolute Gasteiger partial charge is 0.481 e. The van der Waals surface area contributed by atoms with Crippen LogP contribution in [0.1, 0.15) is 84.0 Å². The summed E-state index contributed by atoms with van der Waals surface area (Å²) in [5, 5.41) is 8.58. The van der Waals surface area contributed by atoms with E-state index >= 15 is 0 Å². The number of Topliss-reactive ketones (excluding diaryl/α,β-unsaturated/α-hetero) is 2. The second kappa shape index (κ2) is 11.3. The molecule has 0 aromatic heterocycles. The van der Waals surface area contributed by atoms with Crippen molar-refractivity contribution in [1.29, 1.82) is 0 Å². The van der Waals surface area contributed by atoms with Crippen molar-refractivity contribution in [1.82, 2.24) is 0 Å². The van der Waals surface area contributed by atoms with Gasteiger partial charge in [-0.25, -0.2) is 0 Å². The van der Waals surface area contributed by atoms with Gasteiger partial charge in [0.05, 0.1) is 18.6 Å². The molecular weight excluding hydrogens is 296 g/mol. The van der Waals surface area contributed by atoms with Gasteiger partial charge in [0.1, 0.15) is 0 Å². The summed E-state index contributed by atoms with van der Waals surface area (Å²) in [5.74, 6) is -2.12. The Morgan fingerprint density at radius 2 is 1.65 bits per heavy atom. The van der Waals surface area contributed by atoms with E-state index in [0.717, 1.165) is 44.9 Å². The van der Waals surface area contributed by atoms with E-state index in [1.807, 2.05) is 0 Å². The maximum absolute atomic E-state index is 12.0. The molecule has 0 radical (unpaired) electrons. The predicted octanol–water partition coefficient (Wildman–Crippen LogP) is 3.68. The van der Waals surface area contributed by atoms with Crippen LogP contribution in [0, 0.1) is 0 Å². The van der Waals surface area contributed by atoms with Gasteiger partial charge in [0.2, 0.25) is 5.78 Å². The van der Waals surface area contributed by atoms with Gasteiger partial charge in [-0.1, -0.05) is 45.4 Å². The summed E-state index contributed by atoms with van der Waals surface area (Å²) in [6, 6.07) is 0. The summed E-state index contributed by atoms with van der Waals surface area (Å²) in [7, 11) is 0. The molecule has 5 heteroatoms. The molecule has 23 heavy (non-hydrogen) atoms. The van der Waals surface area contributed by atoms with Crippen LogP contribution in [-0.2, 0) is 19.1 Å². The Bertz CT molecular complexity index is 391. The van der Waals surface area contributed by atoms with Crippen molar-refractivity contribution in [3.63, 3.8) is 0 Å². The van der Waals surface area contributed by atoms with Crippen LogP contribution < -0.4 is 0 Å². The molecule has 132 valence electrons. The summed E-state index contributed by atoms with van der Waals surface area (Å²) in [6.07, 6.45) is 9.29. The Kier molecular flexibility index (Phi) is 9.76. The second-order valence-corrected chi connectivity index (χ2v) is 6.46. The highest BCUT2D eigenvalue weighted by Crippen LogP contribution is 2.23. The van der Waals surface area contributed by atoms with Gasteiger partial charge in [-0.15, -0.1) is 0 Å². The highest BCUT2D eigenvalue weighted by molar-refractivity contribution is 6.37. The first-order chi connectivity index (χ1) is 11.0. The van der Waals surface area contributed by atoms with Crippen LogP contribution in [0.3, 0.4) is 0 Å². The summed E-state index contributed by atoms with van der Waals surface area (Å²) >= 11 is 0. The van der Waals surface area contributed by atoms with E-state index in [2.05, 4.69) is 6.92 Å². The van der Waals surface area contributed by atoms with E-state index in [4.69, 9.17) is 9.84 Å². The zero-order valence-electron chi connectivity index (χ0n) is 14.2. The van der Waals surface area contributed by atoms with Crippen molar-refractivity contribution in [3.8, 4) is 0 Å². The van der Waals surface area contributed by atoms with E-state index < -0.39 is 17.5 Å². The Balaban J connectivity index is 2.45. The van der Waals surface area contributed by atoms with E-state index in [9.17, 15) is 14.4 Å². The molecule has 0 aromatic rings. The molecule has 0 unspecified atom stereocenters. The maximum Gasteiger partial charge on any atom is 0.303 e. The average Bonchev–Trinajstić information content (AvgIpc) is 2.48. The van der Waals surface area contributed by atoms with Crippen molar-refractivity contribution in [2.45, 2.75) is 96.2 Å². The highest BCUT2D eigenvalue weighted by Gasteiger charge is 2.24. The molecule has 1 aliphatic rings. The summed E-state index contributed by atoms with van der Waals surface area (Å²) in [6.45, 7) is 2.17. The molecule has 1 heterocycles. The zero-order chi connectivity index (χ0) is 17.1. The molecule has 0 spiro atoms. The summed E-state index contributed by atoms with van der Waals surface area (Å²) in [5.41, 5.74) is 0. The molecule has 1 saturated heterocycles. The standard InChI is InChI=1S/C18H30O5/c1-2-3-5-8-14-9-6-4-7-10-15(23-14)13-17(20)16(19)11-12-18(21)22/h14-15H,2-13H2,1H3,(H,21,22)/t14-,15-/m1/s1. The minimum Gasteiger partial charge on any atom is -0.481 e. The van der Waals surface area contributed by atoms with Crippen LogP contribution in [0.15, 0.2) is 0 Å². The van der Waals surface area contributed by atoms with Crippen molar-refractivity contribution >= 4 is 17.5 Å². The molecular formula is C18H30O5. The van der Waals surface area contributed by atoms with Crippen LogP contribution in [0.5, 0.6) is 0 Å². The molecule has 2 atom stereocenters. The predicted molar refractivity (Wildman–Crippen MR) is 87.4 cm³/mol. The number of ether oxygens (including phenoxy) is 1. The SMILES string of the molecule is CCCCC[C@@H]1CCCCC[C@H](CC(=O)C(=O)CCC(=O)O)O1. The van der Waals surface area contributed by atoms with Crippen LogP contribution in [-0.4, -0.2) is 34.9 Å². The van der Waals surface area contributed by atoms with Crippen molar-refractivity contribution in [2.75, 3.05) is 0 Å².